The van der Waals surface area contributed by atoms with Crippen molar-refractivity contribution in [3.05, 3.63) is 35.1 Å². The van der Waals surface area contributed by atoms with Crippen LogP contribution >= 0.6 is 12.2 Å². The summed E-state index contributed by atoms with van der Waals surface area (Å²) in [7, 11) is 0. The maximum Gasteiger partial charge on any atom is 0.199 e. The molecule has 0 bridgehead atoms. The molecule has 2 aromatic rings. The van der Waals surface area contributed by atoms with Gasteiger partial charge in [-0.05, 0) is 30.8 Å². The van der Waals surface area contributed by atoms with E-state index in [-0.39, 0.29) is 6.61 Å². The van der Waals surface area contributed by atoms with Crippen LogP contribution in [-0.4, -0.2) is 31.5 Å². The molecule has 2 N–H and O–H groups in total. The molecule has 6 heteroatoms. The monoisotopic (exact) mass is 236 g/mol. The summed E-state index contributed by atoms with van der Waals surface area (Å²) in [5.41, 5.74) is 0.884. The molecule has 0 atom stereocenters. The van der Waals surface area contributed by atoms with E-state index in [0.29, 0.717) is 17.6 Å². The van der Waals surface area contributed by atoms with E-state index in [1.807, 2.05) is 16.7 Å². The first-order valence-electron chi connectivity index (χ1n) is 5.00. The van der Waals surface area contributed by atoms with Gasteiger partial charge in [-0.25, -0.2) is 0 Å². The van der Waals surface area contributed by atoms with Gasteiger partial charge in [0, 0.05) is 19.2 Å². The fourth-order valence-corrected chi connectivity index (χ4v) is 1.74. The van der Waals surface area contributed by atoms with E-state index in [0.717, 1.165) is 11.5 Å². The van der Waals surface area contributed by atoms with E-state index in [2.05, 4.69) is 15.2 Å². The van der Waals surface area contributed by atoms with Crippen LogP contribution in [0.25, 0.3) is 5.69 Å². The molecule has 2 aromatic heterocycles. The Balaban J connectivity index is 2.40. The topological polar surface area (TPSA) is 66.7 Å². The van der Waals surface area contributed by atoms with Crippen molar-refractivity contribution >= 4 is 12.2 Å². The molecule has 0 saturated carbocycles. The average molecular weight is 236 g/mol. The Morgan fingerprint density at radius 2 is 2.38 bits per heavy atom. The highest BCUT2D eigenvalue weighted by Crippen LogP contribution is 2.10. The van der Waals surface area contributed by atoms with Crippen LogP contribution in [0.4, 0.5) is 0 Å². The normalized spacial score (nSPS) is 10.6. The first-order valence-corrected chi connectivity index (χ1v) is 5.41. The molecule has 0 aromatic carbocycles. The molecule has 0 spiro atoms. The zero-order chi connectivity index (χ0) is 11.4. The minimum absolute atomic E-state index is 0.145. The fraction of sp³-hybridized carbons (Fsp3) is 0.300. The van der Waals surface area contributed by atoms with Crippen molar-refractivity contribution in [2.45, 2.75) is 12.8 Å². The number of hydrogen-bond acceptors (Lipinski definition) is 4. The Labute approximate surface area is 97.8 Å². The van der Waals surface area contributed by atoms with Gasteiger partial charge >= 0.3 is 0 Å². The number of aromatic nitrogens is 4. The van der Waals surface area contributed by atoms with E-state index in [1.54, 1.807) is 12.4 Å². The molecule has 0 radical (unpaired) electrons. The van der Waals surface area contributed by atoms with Gasteiger partial charge in [-0.15, -0.1) is 0 Å². The van der Waals surface area contributed by atoms with Crippen LogP contribution in [0.1, 0.15) is 12.2 Å². The molecule has 5 nitrogen and oxygen atoms in total. The zero-order valence-corrected chi connectivity index (χ0v) is 9.44. The number of aliphatic hydroxyl groups excluding tert-OH is 1. The third-order valence-corrected chi connectivity index (χ3v) is 2.48. The Morgan fingerprint density at radius 3 is 3.06 bits per heavy atom. The largest absolute Gasteiger partial charge is 0.396 e. The average Bonchev–Trinajstić information content (AvgIpc) is 2.69. The zero-order valence-electron chi connectivity index (χ0n) is 8.63. The van der Waals surface area contributed by atoms with Gasteiger partial charge in [-0.2, -0.15) is 5.10 Å². The summed E-state index contributed by atoms with van der Waals surface area (Å²) in [5, 5.41) is 15.7. The highest BCUT2D eigenvalue weighted by molar-refractivity contribution is 7.71. The molecule has 2 heterocycles. The Morgan fingerprint density at radius 1 is 1.50 bits per heavy atom. The first kappa shape index (κ1) is 11.0. The van der Waals surface area contributed by atoms with Crippen LogP contribution in [0.3, 0.4) is 0 Å². The lowest BCUT2D eigenvalue weighted by molar-refractivity contribution is 0.287. The molecule has 2 rings (SSSR count). The van der Waals surface area contributed by atoms with E-state index < -0.39 is 0 Å². The van der Waals surface area contributed by atoms with Gasteiger partial charge in [0.15, 0.2) is 4.77 Å². The van der Waals surface area contributed by atoms with Gasteiger partial charge < -0.3 is 5.11 Å². The molecular formula is C10H12N4OS. The molecule has 0 saturated heterocycles. The molecule has 0 aliphatic carbocycles. The molecule has 16 heavy (non-hydrogen) atoms. The molecule has 0 amide bonds. The summed E-state index contributed by atoms with van der Waals surface area (Å²) < 4.78 is 2.37. The predicted molar refractivity (Wildman–Crippen MR) is 62.0 cm³/mol. The second-order valence-corrected chi connectivity index (χ2v) is 3.71. The second kappa shape index (κ2) is 5.00. The predicted octanol–water partition coefficient (Wildman–Crippen LogP) is 1.25. The molecule has 0 aliphatic heterocycles. The van der Waals surface area contributed by atoms with Gasteiger partial charge in [0.1, 0.15) is 5.82 Å². The molecule has 0 fully saturated rings. The number of nitrogens with one attached hydrogen (secondary N) is 1. The number of hydrogen-bond donors (Lipinski definition) is 2. The number of aromatic amines is 1. The number of aryl methyl sites for hydroxylation is 1. The molecular weight excluding hydrogens is 224 g/mol. The van der Waals surface area contributed by atoms with Crippen molar-refractivity contribution in [3.63, 3.8) is 0 Å². The van der Waals surface area contributed by atoms with Gasteiger partial charge in [-0.1, -0.05) is 0 Å². The third-order valence-electron chi connectivity index (χ3n) is 2.20. The molecule has 0 aliphatic rings. The number of pyridine rings is 1. The van der Waals surface area contributed by atoms with Gasteiger partial charge in [0.05, 0.1) is 11.9 Å². The SMILES string of the molecule is OCCCc1n[nH]c(=S)n1-c1cccnc1. The van der Waals surface area contributed by atoms with Crippen LogP contribution in [0, 0.1) is 4.77 Å². The number of rotatable bonds is 4. The third kappa shape index (κ3) is 2.17. The summed E-state index contributed by atoms with van der Waals surface area (Å²) in [6.07, 6.45) is 4.78. The lowest BCUT2D eigenvalue weighted by Gasteiger charge is -2.04. The van der Waals surface area contributed by atoms with Crippen molar-refractivity contribution in [1.29, 1.82) is 0 Å². The van der Waals surface area contributed by atoms with E-state index in [1.165, 1.54) is 0 Å². The first-order chi connectivity index (χ1) is 7.83. The number of nitrogens with zero attached hydrogens (tertiary/aromatic N) is 3. The standard InChI is InChI=1S/C10H12N4OS/c15-6-2-4-9-12-13-10(16)14(9)8-3-1-5-11-7-8/h1,3,5,7,15H,2,4,6H2,(H,13,16). The van der Waals surface area contributed by atoms with E-state index in [9.17, 15) is 0 Å². The fourth-order valence-electron chi connectivity index (χ4n) is 1.49. The smallest absolute Gasteiger partial charge is 0.199 e. The summed E-state index contributed by atoms with van der Waals surface area (Å²) in [4.78, 5) is 4.04. The lowest BCUT2D eigenvalue weighted by atomic mass is 10.3. The Bertz CT molecular complexity index is 505. The molecule has 0 unspecified atom stereocenters. The van der Waals surface area contributed by atoms with Gasteiger partial charge in [0.25, 0.3) is 0 Å². The Hall–Kier alpha value is -1.53. The van der Waals surface area contributed by atoms with Crippen molar-refractivity contribution in [3.8, 4) is 5.69 Å². The lowest BCUT2D eigenvalue weighted by Crippen LogP contribution is -2.03. The maximum atomic E-state index is 8.81. The molecule has 84 valence electrons. The van der Waals surface area contributed by atoms with E-state index >= 15 is 0 Å². The highest BCUT2D eigenvalue weighted by Gasteiger charge is 2.07. The van der Waals surface area contributed by atoms with Crippen LogP contribution in [-0.2, 0) is 6.42 Å². The summed E-state index contributed by atoms with van der Waals surface area (Å²) >= 11 is 5.16. The van der Waals surface area contributed by atoms with Gasteiger partial charge in [-0.3, -0.25) is 14.6 Å². The van der Waals surface area contributed by atoms with Crippen molar-refractivity contribution < 1.29 is 5.11 Å². The van der Waals surface area contributed by atoms with Crippen molar-refractivity contribution in [2.24, 2.45) is 0 Å². The van der Waals surface area contributed by atoms with Crippen molar-refractivity contribution in [2.75, 3.05) is 6.61 Å². The quantitative estimate of drug-likeness (QED) is 0.784. The summed E-state index contributed by atoms with van der Waals surface area (Å²) in [6.45, 7) is 0.145. The summed E-state index contributed by atoms with van der Waals surface area (Å²) in [6, 6.07) is 3.76. The second-order valence-electron chi connectivity index (χ2n) is 3.32. The minimum Gasteiger partial charge on any atom is -0.396 e. The van der Waals surface area contributed by atoms with Gasteiger partial charge in [0.2, 0.25) is 0 Å². The summed E-state index contributed by atoms with van der Waals surface area (Å²) in [5.74, 6) is 0.812. The number of H-pyrrole nitrogens is 1. The number of aliphatic hydroxyl groups is 1. The van der Waals surface area contributed by atoms with Crippen LogP contribution in [0.15, 0.2) is 24.5 Å². The minimum atomic E-state index is 0.145. The van der Waals surface area contributed by atoms with Crippen LogP contribution in [0.5, 0.6) is 0 Å². The Kier molecular flexibility index (Phi) is 3.43. The van der Waals surface area contributed by atoms with Crippen molar-refractivity contribution in [1.82, 2.24) is 19.7 Å². The van der Waals surface area contributed by atoms with Crippen LogP contribution < -0.4 is 0 Å². The van der Waals surface area contributed by atoms with E-state index in [4.69, 9.17) is 17.3 Å². The van der Waals surface area contributed by atoms with Crippen LogP contribution in [0.2, 0.25) is 0 Å². The highest BCUT2D eigenvalue weighted by atomic mass is 32.1. The maximum absolute atomic E-state index is 8.81.